The van der Waals surface area contributed by atoms with Crippen LogP contribution in [0, 0.1) is 5.82 Å². The van der Waals surface area contributed by atoms with Crippen LogP contribution in [0.2, 0.25) is 0 Å². The first-order chi connectivity index (χ1) is 9.72. The Morgan fingerprint density at radius 2 is 1.55 bits per heavy atom. The van der Waals surface area contributed by atoms with Crippen LogP contribution in [0.5, 0.6) is 0 Å². The van der Waals surface area contributed by atoms with E-state index in [1.54, 1.807) is 0 Å². The van der Waals surface area contributed by atoms with Gasteiger partial charge in [0.1, 0.15) is 11.6 Å². The third kappa shape index (κ3) is 2.93. The quantitative estimate of drug-likeness (QED) is 0.839. The highest BCUT2D eigenvalue weighted by Crippen LogP contribution is 2.20. The minimum Gasteiger partial charge on any atom is -0.368 e. The van der Waals surface area contributed by atoms with E-state index in [4.69, 9.17) is 0 Å². The summed E-state index contributed by atoms with van der Waals surface area (Å²) in [6.07, 6.45) is 1.82. The van der Waals surface area contributed by atoms with Crippen molar-refractivity contribution in [3.8, 4) is 0 Å². The van der Waals surface area contributed by atoms with Gasteiger partial charge in [0.15, 0.2) is 0 Å². The molecule has 0 radical (unpaired) electrons. The lowest BCUT2D eigenvalue weighted by Crippen LogP contribution is -2.46. The zero-order valence-corrected chi connectivity index (χ0v) is 12.6. The Morgan fingerprint density at radius 1 is 0.900 bits per heavy atom. The highest BCUT2D eigenvalue weighted by molar-refractivity contribution is 9.10. The Bertz CT molecular complexity index is 509. The number of hydrogen-bond donors (Lipinski definition) is 0. The maximum atomic E-state index is 12.9. The summed E-state index contributed by atoms with van der Waals surface area (Å²) >= 11 is 3.40. The van der Waals surface area contributed by atoms with Gasteiger partial charge in [-0.25, -0.2) is 9.37 Å². The summed E-state index contributed by atoms with van der Waals surface area (Å²) in [6, 6.07) is 10.7. The Balaban J connectivity index is 1.64. The van der Waals surface area contributed by atoms with Crippen LogP contribution in [0.3, 0.4) is 0 Å². The van der Waals surface area contributed by atoms with Crippen molar-refractivity contribution in [1.82, 2.24) is 4.98 Å². The van der Waals surface area contributed by atoms with Crippen molar-refractivity contribution in [2.75, 3.05) is 36.0 Å². The Hall–Kier alpha value is -1.62. The molecule has 20 heavy (non-hydrogen) atoms. The van der Waals surface area contributed by atoms with Crippen LogP contribution in [0.1, 0.15) is 0 Å². The molecule has 104 valence electrons. The topological polar surface area (TPSA) is 19.4 Å². The van der Waals surface area contributed by atoms with Gasteiger partial charge in [0.25, 0.3) is 0 Å². The highest BCUT2D eigenvalue weighted by Gasteiger charge is 2.18. The van der Waals surface area contributed by atoms with E-state index >= 15 is 0 Å². The summed E-state index contributed by atoms with van der Waals surface area (Å²) < 4.78 is 13.9. The van der Waals surface area contributed by atoms with Crippen LogP contribution in [0.4, 0.5) is 15.9 Å². The van der Waals surface area contributed by atoms with Crippen molar-refractivity contribution in [3.05, 3.63) is 52.9 Å². The smallest absolute Gasteiger partial charge is 0.128 e. The van der Waals surface area contributed by atoms with E-state index in [9.17, 15) is 4.39 Å². The van der Waals surface area contributed by atoms with E-state index in [0.29, 0.717) is 0 Å². The number of nitrogens with zero attached hydrogens (tertiary/aromatic N) is 3. The van der Waals surface area contributed by atoms with Crippen LogP contribution >= 0.6 is 15.9 Å². The summed E-state index contributed by atoms with van der Waals surface area (Å²) in [5.41, 5.74) is 1.08. The van der Waals surface area contributed by atoms with Crippen LogP contribution in [-0.4, -0.2) is 31.2 Å². The lowest BCUT2D eigenvalue weighted by Gasteiger charge is -2.36. The number of pyridine rings is 1. The SMILES string of the molecule is Fc1ccc(N2CCN(c3ccc(Br)cn3)CC2)cc1. The molecule has 0 bridgehead atoms. The zero-order valence-electron chi connectivity index (χ0n) is 11.0. The first kappa shape index (κ1) is 13.4. The van der Waals surface area contributed by atoms with Gasteiger partial charge in [-0.05, 0) is 52.3 Å². The van der Waals surface area contributed by atoms with E-state index in [2.05, 4.69) is 30.7 Å². The Labute approximate surface area is 126 Å². The summed E-state index contributed by atoms with van der Waals surface area (Å²) in [5.74, 6) is 0.818. The first-order valence-electron chi connectivity index (χ1n) is 6.59. The first-order valence-corrected chi connectivity index (χ1v) is 7.39. The molecule has 1 aromatic heterocycles. The monoisotopic (exact) mass is 335 g/mol. The van der Waals surface area contributed by atoms with E-state index in [1.165, 1.54) is 12.1 Å². The fraction of sp³-hybridized carbons (Fsp3) is 0.267. The number of piperazine rings is 1. The van der Waals surface area contributed by atoms with Crippen LogP contribution in [0.25, 0.3) is 0 Å². The molecule has 0 N–H and O–H groups in total. The molecule has 0 aliphatic carbocycles. The third-order valence-corrected chi connectivity index (χ3v) is 3.98. The predicted molar refractivity (Wildman–Crippen MR) is 82.8 cm³/mol. The van der Waals surface area contributed by atoms with Gasteiger partial charge in [-0.15, -0.1) is 0 Å². The van der Waals surface area contributed by atoms with Crippen molar-refractivity contribution in [3.63, 3.8) is 0 Å². The predicted octanol–water partition coefficient (Wildman–Crippen LogP) is 3.31. The fourth-order valence-electron chi connectivity index (χ4n) is 2.40. The summed E-state index contributed by atoms with van der Waals surface area (Å²) in [7, 11) is 0. The van der Waals surface area contributed by atoms with E-state index < -0.39 is 0 Å². The summed E-state index contributed by atoms with van der Waals surface area (Å²) in [4.78, 5) is 8.97. The minimum atomic E-state index is -0.188. The second-order valence-electron chi connectivity index (χ2n) is 4.79. The maximum Gasteiger partial charge on any atom is 0.128 e. The van der Waals surface area contributed by atoms with Crippen molar-refractivity contribution in [2.45, 2.75) is 0 Å². The van der Waals surface area contributed by atoms with Crippen LogP contribution in [0.15, 0.2) is 47.1 Å². The van der Waals surface area contributed by atoms with Crippen molar-refractivity contribution in [1.29, 1.82) is 0 Å². The molecule has 3 rings (SSSR count). The molecule has 0 atom stereocenters. The number of rotatable bonds is 2. The normalized spacial score (nSPS) is 15.5. The van der Waals surface area contributed by atoms with Gasteiger partial charge >= 0.3 is 0 Å². The molecule has 1 saturated heterocycles. The molecule has 5 heteroatoms. The Kier molecular flexibility index (Phi) is 3.87. The van der Waals surface area contributed by atoms with Gasteiger partial charge in [0.2, 0.25) is 0 Å². The fourth-order valence-corrected chi connectivity index (χ4v) is 2.64. The van der Waals surface area contributed by atoms with Gasteiger partial charge < -0.3 is 9.80 Å². The molecule has 0 saturated carbocycles. The zero-order chi connectivity index (χ0) is 13.9. The second-order valence-corrected chi connectivity index (χ2v) is 5.70. The van der Waals surface area contributed by atoms with Crippen molar-refractivity contribution < 1.29 is 4.39 Å². The number of benzene rings is 1. The van der Waals surface area contributed by atoms with Crippen molar-refractivity contribution >= 4 is 27.4 Å². The average molecular weight is 336 g/mol. The number of halogens is 2. The molecular formula is C15H15BrFN3. The Morgan fingerprint density at radius 3 is 2.15 bits per heavy atom. The summed E-state index contributed by atoms with van der Waals surface area (Å²) in [6.45, 7) is 3.69. The number of hydrogen-bond acceptors (Lipinski definition) is 3. The molecule has 1 aromatic carbocycles. The largest absolute Gasteiger partial charge is 0.368 e. The maximum absolute atomic E-state index is 12.9. The lowest BCUT2D eigenvalue weighted by molar-refractivity contribution is 0.624. The minimum absolute atomic E-state index is 0.188. The van der Waals surface area contributed by atoms with Crippen LogP contribution in [-0.2, 0) is 0 Å². The van der Waals surface area contributed by atoms with Gasteiger partial charge in [-0.3, -0.25) is 0 Å². The molecular weight excluding hydrogens is 321 g/mol. The van der Waals surface area contributed by atoms with Crippen LogP contribution < -0.4 is 9.80 Å². The number of aromatic nitrogens is 1. The molecule has 1 aliphatic rings. The molecule has 3 nitrogen and oxygen atoms in total. The summed E-state index contributed by atoms with van der Waals surface area (Å²) in [5, 5.41) is 0. The van der Waals surface area contributed by atoms with Gasteiger partial charge in [-0.2, -0.15) is 0 Å². The molecule has 0 unspecified atom stereocenters. The standard InChI is InChI=1S/C15H15BrFN3/c16-12-1-6-15(18-11-12)20-9-7-19(8-10-20)14-4-2-13(17)3-5-14/h1-6,11H,7-10H2. The van der Waals surface area contributed by atoms with Gasteiger partial charge in [0, 0.05) is 42.5 Å². The molecule has 0 amide bonds. The molecule has 1 fully saturated rings. The van der Waals surface area contributed by atoms with E-state index in [0.717, 1.165) is 42.2 Å². The molecule has 2 aromatic rings. The van der Waals surface area contributed by atoms with Gasteiger partial charge in [0.05, 0.1) is 0 Å². The molecule has 1 aliphatic heterocycles. The highest BCUT2D eigenvalue weighted by atomic mass is 79.9. The van der Waals surface area contributed by atoms with Crippen molar-refractivity contribution in [2.24, 2.45) is 0 Å². The third-order valence-electron chi connectivity index (χ3n) is 3.51. The second kappa shape index (κ2) is 5.79. The lowest BCUT2D eigenvalue weighted by atomic mass is 10.2. The van der Waals surface area contributed by atoms with Gasteiger partial charge in [-0.1, -0.05) is 0 Å². The average Bonchev–Trinajstić information content (AvgIpc) is 2.49. The molecule has 0 spiro atoms. The van der Waals surface area contributed by atoms with E-state index in [-0.39, 0.29) is 5.82 Å². The number of anilines is 2. The molecule has 2 heterocycles. The van der Waals surface area contributed by atoms with E-state index in [1.807, 2.05) is 30.5 Å².